The second-order valence-corrected chi connectivity index (χ2v) is 1.53. The average Bonchev–Trinajstić information content (AvgIpc) is 2.34. The van der Waals surface area contributed by atoms with Crippen LogP contribution >= 0.6 is 0 Å². The number of hydrogen-bond donors (Lipinski definition) is 1. The van der Waals surface area contributed by atoms with Crippen molar-refractivity contribution >= 4 is 12.1 Å². The molecule has 0 radical (unpaired) electrons. The van der Waals surface area contributed by atoms with Gasteiger partial charge in [-0.3, -0.25) is 4.79 Å². The quantitative estimate of drug-likeness (QED) is 0.360. The van der Waals surface area contributed by atoms with Gasteiger partial charge in [0.25, 0.3) is 5.82 Å². The van der Waals surface area contributed by atoms with Crippen molar-refractivity contribution in [1.29, 1.82) is 0 Å². The minimum Gasteiger partial charge on any atom is -0.358 e. The van der Waals surface area contributed by atoms with Crippen molar-refractivity contribution in [1.82, 2.24) is 9.97 Å². The molecule has 1 aromatic rings. The van der Waals surface area contributed by atoms with Crippen LogP contribution in [0.15, 0.2) is 6.20 Å². The highest BCUT2D eigenvalue weighted by atomic mass is 16.6. The number of aromatic amines is 1. The molecule has 0 aliphatic rings. The minimum atomic E-state index is -0.653. The molecule has 0 unspecified atom stereocenters. The molecule has 0 spiro atoms. The predicted octanol–water partition coefficient (Wildman–Crippen LogP) is 0.130. The van der Waals surface area contributed by atoms with Gasteiger partial charge in [0.2, 0.25) is 6.29 Å². The number of nitrogens with one attached hydrogen (secondary N) is 1. The Balaban J connectivity index is 2.98. The Bertz CT molecular complexity index is 266. The first-order chi connectivity index (χ1) is 4.74. The van der Waals surface area contributed by atoms with Crippen LogP contribution in [0, 0.1) is 10.1 Å². The van der Waals surface area contributed by atoms with Crippen molar-refractivity contribution < 1.29 is 9.72 Å². The summed E-state index contributed by atoms with van der Waals surface area (Å²) in [6.07, 6.45) is 1.40. The first-order valence-corrected chi connectivity index (χ1v) is 2.38. The van der Waals surface area contributed by atoms with Gasteiger partial charge in [-0.1, -0.05) is 0 Å². The van der Waals surface area contributed by atoms with Gasteiger partial charge in [0.15, 0.2) is 0 Å². The minimum absolute atomic E-state index is 0.0355. The SMILES string of the molecule is O=Cc1ncc([N+](=O)[O-])[nH]1. The number of nitro groups is 1. The topological polar surface area (TPSA) is 88.9 Å². The molecule has 0 saturated carbocycles. The van der Waals surface area contributed by atoms with Crippen molar-refractivity contribution in [2.45, 2.75) is 0 Å². The van der Waals surface area contributed by atoms with Crippen LogP contribution in [0.25, 0.3) is 0 Å². The van der Waals surface area contributed by atoms with E-state index in [0.717, 1.165) is 6.20 Å². The Morgan fingerprint density at radius 1 is 1.80 bits per heavy atom. The monoisotopic (exact) mass is 141 g/mol. The van der Waals surface area contributed by atoms with E-state index in [9.17, 15) is 14.9 Å². The summed E-state index contributed by atoms with van der Waals surface area (Å²) >= 11 is 0. The summed E-state index contributed by atoms with van der Waals surface area (Å²) in [6, 6.07) is 0. The molecule has 0 atom stereocenters. The van der Waals surface area contributed by atoms with Crippen molar-refractivity contribution in [2.75, 3.05) is 0 Å². The van der Waals surface area contributed by atoms with E-state index in [4.69, 9.17) is 0 Å². The molecule has 0 saturated heterocycles. The summed E-state index contributed by atoms with van der Waals surface area (Å²) < 4.78 is 0. The molecule has 52 valence electrons. The van der Waals surface area contributed by atoms with Crippen LogP contribution in [0.4, 0.5) is 5.82 Å². The highest BCUT2D eigenvalue weighted by Gasteiger charge is 2.07. The van der Waals surface area contributed by atoms with Gasteiger partial charge in [-0.15, -0.1) is 0 Å². The number of hydrogen-bond acceptors (Lipinski definition) is 4. The second-order valence-electron chi connectivity index (χ2n) is 1.53. The molecule has 10 heavy (non-hydrogen) atoms. The smallest absolute Gasteiger partial charge is 0.341 e. The van der Waals surface area contributed by atoms with Crippen molar-refractivity contribution in [3.63, 3.8) is 0 Å². The number of nitrogens with zero attached hydrogens (tertiary/aromatic N) is 2. The Labute approximate surface area is 55.0 Å². The van der Waals surface area contributed by atoms with Gasteiger partial charge >= 0.3 is 5.82 Å². The van der Waals surface area contributed by atoms with E-state index in [-0.39, 0.29) is 11.6 Å². The van der Waals surface area contributed by atoms with E-state index in [1.165, 1.54) is 0 Å². The largest absolute Gasteiger partial charge is 0.358 e. The highest BCUT2D eigenvalue weighted by Crippen LogP contribution is 2.03. The average molecular weight is 141 g/mol. The van der Waals surface area contributed by atoms with Gasteiger partial charge in [0, 0.05) is 0 Å². The molecule has 6 heteroatoms. The molecule has 0 fully saturated rings. The maximum absolute atomic E-state index is 9.95. The van der Waals surface area contributed by atoms with E-state index in [1.807, 2.05) is 0 Å². The maximum Gasteiger partial charge on any atom is 0.341 e. The lowest BCUT2D eigenvalue weighted by Crippen LogP contribution is -1.87. The zero-order valence-corrected chi connectivity index (χ0v) is 4.77. The van der Waals surface area contributed by atoms with E-state index < -0.39 is 4.92 Å². The first-order valence-electron chi connectivity index (χ1n) is 2.38. The third kappa shape index (κ3) is 0.993. The number of aromatic nitrogens is 2. The second kappa shape index (κ2) is 2.26. The standard InChI is InChI=1S/C4H3N3O3/c8-2-3-5-1-4(6-3)7(9)10/h1-2H,(H,5,6). The lowest BCUT2D eigenvalue weighted by Gasteiger charge is -1.83. The highest BCUT2D eigenvalue weighted by molar-refractivity contribution is 5.69. The van der Waals surface area contributed by atoms with Crippen molar-refractivity contribution in [2.24, 2.45) is 0 Å². The fourth-order valence-corrected chi connectivity index (χ4v) is 0.479. The number of carbonyl (C=O) groups is 1. The molecular formula is C4H3N3O3. The number of aldehydes is 1. The van der Waals surface area contributed by atoms with Crippen LogP contribution in [0.2, 0.25) is 0 Å². The molecule has 1 rings (SSSR count). The predicted molar refractivity (Wildman–Crippen MR) is 30.6 cm³/mol. The number of imidazole rings is 1. The third-order valence-corrected chi connectivity index (χ3v) is 0.890. The van der Waals surface area contributed by atoms with E-state index in [2.05, 4.69) is 9.97 Å². The molecule has 0 bridgehead atoms. The fourth-order valence-electron chi connectivity index (χ4n) is 0.479. The van der Waals surface area contributed by atoms with Crippen molar-refractivity contribution in [3.8, 4) is 0 Å². The molecule has 0 aliphatic carbocycles. The van der Waals surface area contributed by atoms with E-state index in [1.54, 1.807) is 0 Å². The number of carbonyl (C=O) groups excluding carboxylic acids is 1. The Hall–Kier alpha value is -1.72. The lowest BCUT2D eigenvalue weighted by atomic mass is 10.7. The van der Waals surface area contributed by atoms with Crippen LogP contribution in [0.3, 0.4) is 0 Å². The van der Waals surface area contributed by atoms with Crippen LogP contribution in [-0.4, -0.2) is 21.2 Å². The van der Waals surface area contributed by atoms with Crippen molar-refractivity contribution in [3.05, 3.63) is 22.1 Å². The molecule has 1 heterocycles. The zero-order chi connectivity index (χ0) is 7.56. The molecule has 1 aromatic heterocycles. The fraction of sp³-hybridized carbons (Fsp3) is 0. The zero-order valence-electron chi connectivity index (χ0n) is 4.77. The van der Waals surface area contributed by atoms with Gasteiger partial charge < -0.3 is 10.1 Å². The summed E-state index contributed by atoms with van der Waals surface area (Å²) in [6.45, 7) is 0. The summed E-state index contributed by atoms with van der Waals surface area (Å²) in [7, 11) is 0. The number of H-pyrrole nitrogens is 1. The van der Waals surface area contributed by atoms with E-state index >= 15 is 0 Å². The first kappa shape index (κ1) is 6.40. The summed E-state index contributed by atoms with van der Waals surface area (Å²) in [4.78, 5) is 24.8. The van der Waals surface area contributed by atoms with Gasteiger partial charge in [-0.05, 0) is 4.92 Å². The van der Waals surface area contributed by atoms with Gasteiger partial charge in [0.05, 0.1) is 0 Å². The summed E-state index contributed by atoms with van der Waals surface area (Å²) in [5.74, 6) is -0.311. The maximum atomic E-state index is 9.95. The van der Waals surface area contributed by atoms with Gasteiger partial charge in [-0.25, -0.2) is 9.97 Å². The Morgan fingerprint density at radius 3 is 2.80 bits per heavy atom. The van der Waals surface area contributed by atoms with Crippen LogP contribution < -0.4 is 0 Å². The summed E-state index contributed by atoms with van der Waals surface area (Å²) in [5.41, 5.74) is 0. The van der Waals surface area contributed by atoms with Gasteiger partial charge in [0.1, 0.15) is 6.20 Å². The van der Waals surface area contributed by atoms with Crippen LogP contribution in [0.5, 0.6) is 0 Å². The lowest BCUT2D eigenvalue weighted by molar-refractivity contribution is -0.389. The van der Waals surface area contributed by atoms with Crippen LogP contribution in [0.1, 0.15) is 10.6 Å². The summed E-state index contributed by atoms with van der Waals surface area (Å²) in [5, 5.41) is 9.95. The molecule has 6 nitrogen and oxygen atoms in total. The Morgan fingerprint density at radius 2 is 2.50 bits per heavy atom. The Kier molecular flexibility index (Phi) is 1.44. The molecule has 0 aromatic carbocycles. The molecular weight excluding hydrogens is 138 g/mol. The van der Waals surface area contributed by atoms with E-state index in [0.29, 0.717) is 6.29 Å². The van der Waals surface area contributed by atoms with Crippen LogP contribution in [-0.2, 0) is 0 Å². The normalized spacial score (nSPS) is 9.20. The molecule has 0 aliphatic heterocycles. The number of rotatable bonds is 2. The molecule has 1 N–H and O–H groups in total. The van der Waals surface area contributed by atoms with Gasteiger partial charge in [-0.2, -0.15) is 0 Å². The molecule has 0 amide bonds. The third-order valence-electron chi connectivity index (χ3n) is 0.890.